The fourth-order valence-corrected chi connectivity index (χ4v) is 3.22. The SMILES string of the molecule is O=C(O)CCn1[nH]c2c(c1=O)CS(=O)(=O)C2. The van der Waals surface area contributed by atoms with Gasteiger partial charge in [-0.25, -0.2) is 8.42 Å². The highest BCUT2D eigenvalue weighted by Gasteiger charge is 2.30. The van der Waals surface area contributed by atoms with Gasteiger partial charge in [0.05, 0.1) is 35.7 Å². The second kappa shape index (κ2) is 3.48. The molecule has 8 heteroatoms. The highest BCUT2D eigenvalue weighted by molar-refractivity contribution is 7.90. The molecule has 2 N–H and O–H groups in total. The number of aliphatic carboxylic acids is 1. The second-order valence-electron chi connectivity index (χ2n) is 3.70. The monoisotopic (exact) mass is 246 g/mol. The Labute approximate surface area is 90.6 Å². The maximum atomic E-state index is 11.6. The standard InChI is InChI=1S/C8H10N2O5S/c11-7(12)1-2-10-8(13)5-3-16(14,15)4-6(5)9-10/h9H,1-4H2,(H,11,12). The van der Waals surface area contributed by atoms with Crippen molar-refractivity contribution in [2.75, 3.05) is 0 Å². The van der Waals surface area contributed by atoms with Crippen LogP contribution < -0.4 is 5.56 Å². The minimum atomic E-state index is -3.19. The van der Waals surface area contributed by atoms with Crippen LogP contribution >= 0.6 is 0 Å². The third-order valence-electron chi connectivity index (χ3n) is 2.42. The molecule has 1 aromatic rings. The summed E-state index contributed by atoms with van der Waals surface area (Å²) in [6, 6.07) is 0. The number of carbonyl (C=O) groups is 1. The molecule has 2 rings (SSSR count). The Morgan fingerprint density at radius 3 is 2.69 bits per heavy atom. The van der Waals surface area contributed by atoms with E-state index in [0.29, 0.717) is 5.69 Å². The van der Waals surface area contributed by atoms with Gasteiger partial charge in [0.15, 0.2) is 9.84 Å². The first-order valence-corrected chi connectivity index (χ1v) is 6.44. The maximum Gasteiger partial charge on any atom is 0.305 e. The molecule has 0 bridgehead atoms. The summed E-state index contributed by atoms with van der Waals surface area (Å²) in [5.74, 6) is -1.43. The molecule has 0 amide bonds. The van der Waals surface area contributed by atoms with E-state index in [4.69, 9.17) is 5.11 Å². The van der Waals surface area contributed by atoms with Gasteiger partial charge in [-0.15, -0.1) is 0 Å². The zero-order valence-electron chi connectivity index (χ0n) is 8.26. The number of rotatable bonds is 3. The zero-order chi connectivity index (χ0) is 11.9. The Bertz CT molecular complexity index is 594. The topological polar surface area (TPSA) is 109 Å². The Kier molecular flexibility index (Phi) is 2.38. The summed E-state index contributed by atoms with van der Waals surface area (Å²) in [4.78, 5) is 22.0. The first kappa shape index (κ1) is 10.9. The third kappa shape index (κ3) is 1.87. The Hall–Kier alpha value is -1.57. The average Bonchev–Trinajstić information content (AvgIpc) is 2.58. The lowest BCUT2D eigenvalue weighted by atomic mass is 10.3. The molecule has 0 unspecified atom stereocenters. The second-order valence-corrected chi connectivity index (χ2v) is 5.77. The first-order chi connectivity index (χ1) is 7.39. The maximum absolute atomic E-state index is 11.6. The number of H-pyrrole nitrogens is 1. The molecule has 1 aromatic heterocycles. The van der Waals surface area contributed by atoms with Gasteiger partial charge in [0.2, 0.25) is 0 Å². The number of aryl methyl sites for hydroxylation is 1. The molecule has 2 heterocycles. The van der Waals surface area contributed by atoms with Crippen LogP contribution in [0.1, 0.15) is 17.7 Å². The van der Waals surface area contributed by atoms with E-state index in [1.165, 1.54) is 0 Å². The first-order valence-electron chi connectivity index (χ1n) is 4.62. The molecule has 1 aliphatic rings. The number of carboxylic acids is 1. The van der Waals surface area contributed by atoms with Gasteiger partial charge in [-0.05, 0) is 0 Å². The summed E-state index contributed by atoms with van der Waals surface area (Å²) in [6.45, 7) is 0.0290. The summed E-state index contributed by atoms with van der Waals surface area (Å²) in [7, 11) is -3.19. The molecule has 1 aliphatic heterocycles. The van der Waals surface area contributed by atoms with E-state index >= 15 is 0 Å². The van der Waals surface area contributed by atoms with Crippen LogP contribution in [0, 0.1) is 0 Å². The van der Waals surface area contributed by atoms with Gasteiger partial charge in [-0.3, -0.25) is 19.4 Å². The molecule has 0 saturated carbocycles. The predicted molar refractivity (Wildman–Crippen MR) is 53.6 cm³/mol. The third-order valence-corrected chi connectivity index (χ3v) is 3.87. The number of fused-ring (bicyclic) bond motifs is 1. The number of nitrogens with zero attached hydrogens (tertiary/aromatic N) is 1. The summed E-state index contributed by atoms with van der Waals surface area (Å²) in [5.41, 5.74) is 0.193. The largest absolute Gasteiger partial charge is 0.481 e. The molecule has 0 atom stereocenters. The van der Waals surface area contributed by atoms with Crippen LogP contribution in [0.2, 0.25) is 0 Å². The summed E-state index contributed by atoms with van der Waals surface area (Å²) in [5, 5.41) is 11.1. The number of hydrogen-bond acceptors (Lipinski definition) is 4. The van der Waals surface area contributed by atoms with Crippen LogP contribution in [0.25, 0.3) is 0 Å². The van der Waals surface area contributed by atoms with E-state index in [9.17, 15) is 18.0 Å². The number of sulfone groups is 1. The normalized spacial score (nSPS) is 17.2. The van der Waals surface area contributed by atoms with Gasteiger partial charge in [0.25, 0.3) is 5.56 Å². The van der Waals surface area contributed by atoms with Gasteiger partial charge in [0.1, 0.15) is 0 Å². The summed E-state index contributed by atoms with van der Waals surface area (Å²) in [6.07, 6.45) is -0.175. The summed E-state index contributed by atoms with van der Waals surface area (Å²) < 4.78 is 23.6. The Morgan fingerprint density at radius 1 is 1.44 bits per heavy atom. The zero-order valence-corrected chi connectivity index (χ0v) is 9.08. The molecule has 0 fully saturated rings. The number of aromatic amines is 1. The van der Waals surface area contributed by atoms with Crippen LogP contribution in [0.3, 0.4) is 0 Å². The van der Waals surface area contributed by atoms with Crippen LogP contribution in [0.5, 0.6) is 0 Å². The van der Waals surface area contributed by atoms with Gasteiger partial charge >= 0.3 is 5.97 Å². The lowest BCUT2D eigenvalue weighted by Gasteiger charge is -1.99. The van der Waals surface area contributed by atoms with Crippen molar-refractivity contribution in [1.29, 1.82) is 0 Å². The number of hydrogen-bond donors (Lipinski definition) is 2. The van der Waals surface area contributed by atoms with Crippen molar-refractivity contribution < 1.29 is 18.3 Å². The molecule has 16 heavy (non-hydrogen) atoms. The molecule has 0 saturated heterocycles. The Morgan fingerprint density at radius 2 is 2.12 bits per heavy atom. The van der Waals surface area contributed by atoms with E-state index < -0.39 is 21.4 Å². The fraction of sp³-hybridized carbons (Fsp3) is 0.500. The van der Waals surface area contributed by atoms with Crippen LogP contribution in [-0.2, 0) is 32.7 Å². The van der Waals surface area contributed by atoms with Crippen molar-refractivity contribution in [1.82, 2.24) is 9.78 Å². The molecule has 7 nitrogen and oxygen atoms in total. The van der Waals surface area contributed by atoms with Crippen molar-refractivity contribution in [3.05, 3.63) is 21.6 Å². The average molecular weight is 246 g/mol. The molecular formula is C8H10N2O5S. The molecular weight excluding hydrogens is 236 g/mol. The molecule has 88 valence electrons. The van der Waals surface area contributed by atoms with Crippen molar-refractivity contribution in [3.63, 3.8) is 0 Å². The molecule has 0 aliphatic carbocycles. The van der Waals surface area contributed by atoms with Crippen molar-refractivity contribution >= 4 is 15.8 Å². The number of nitrogens with one attached hydrogen (secondary N) is 1. The van der Waals surface area contributed by atoms with Crippen molar-refractivity contribution in [3.8, 4) is 0 Å². The smallest absolute Gasteiger partial charge is 0.305 e. The van der Waals surface area contributed by atoms with Gasteiger partial charge in [0, 0.05) is 0 Å². The van der Waals surface area contributed by atoms with E-state index in [0.717, 1.165) is 4.68 Å². The van der Waals surface area contributed by atoms with Crippen molar-refractivity contribution in [2.45, 2.75) is 24.5 Å². The fourth-order valence-electron chi connectivity index (χ4n) is 1.70. The predicted octanol–water partition coefficient (Wildman–Crippen LogP) is -0.920. The van der Waals surface area contributed by atoms with E-state index in [2.05, 4.69) is 5.10 Å². The van der Waals surface area contributed by atoms with Gasteiger partial charge < -0.3 is 5.11 Å². The minimum Gasteiger partial charge on any atom is -0.481 e. The quantitative estimate of drug-likeness (QED) is 0.716. The molecule has 0 aromatic carbocycles. The van der Waals surface area contributed by atoms with E-state index in [1.54, 1.807) is 0 Å². The van der Waals surface area contributed by atoms with Gasteiger partial charge in [-0.1, -0.05) is 0 Å². The van der Waals surface area contributed by atoms with E-state index in [1.807, 2.05) is 0 Å². The minimum absolute atomic E-state index is 0.0290. The molecule has 0 radical (unpaired) electrons. The van der Waals surface area contributed by atoms with E-state index in [-0.39, 0.29) is 30.0 Å². The van der Waals surface area contributed by atoms with Gasteiger partial charge in [-0.2, -0.15) is 0 Å². The number of aromatic nitrogens is 2. The lowest BCUT2D eigenvalue weighted by Crippen LogP contribution is -2.21. The Balaban J connectivity index is 2.28. The number of carboxylic acid groups (broad SMARTS) is 1. The highest BCUT2D eigenvalue weighted by Crippen LogP contribution is 2.19. The lowest BCUT2D eigenvalue weighted by molar-refractivity contribution is -0.137. The van der Waals surface area contributed by atoms with Crippen LogP contribution in [0.15, 0.2) is 4.79 Å². The summed E-state index contributed by atoms with van der Waals surface area (Å²) >= 11 is 0. The van der Waals surface area contributed by atoms with Crippen LogP contribution in [-0.4, -0.2) is 29.3 Å². The van der Waals surface area contributed by atoms with Crippen molar-refractivity contribution in [2.24, 2.45) is 0 Å². The van der Waals surface area contributed by atoms with Crippen LogP contribution in [0.4, 0.5) is 0 Å². The molecule has 0 spiro atoms. The highest BCUT2D eigenvalue weighted by atomic mass is 32.2.